The Hall–Kier alpha value is -2.97. The van der Waals surface area contributed by atoms with E-state index >= 15 is 0 Å². The van der Waals surface area contributed by atoms with E-state index in [-0.39, 0.29) is 11.6 Å². The predicted octanol–water partition coefficient (Wildman–Crippen LogP) is 5.58. The fourth-order valence-electron chi connectivity index (χ4n) is 2.44. The summed E-state index contributed by atoms with van der Waals surface area (Å²) in [6.45, 7) is 1.99. The second kappa shape index (κ2) is 9.49. The molecular weight excluding hydrogens is 454 g/mol. The van der Waals surface area contributed by atoms with Crippen molar-refractivity contribution in [2.75, 3.05) is 0 Å². The second-order valence-corrected chi connectivity index (χ2v) is 8.14. The van der Waals surface area contributed by atoms with Crippen LogP contribution in [0.2, 0.25) is 0 Å². The van der Waals surface area contributed by atoms with Gasteiger partial charge in [0.2, 0.25) is 0 Å². The van der Waals surface area contributed by atoms with E-state index < -0.39 is 4.92 Å². The summed E-state index contributed by atoms with van der Waals surface area (Å²) in [6, 6.07) is 19.5. The molecule has 0 unspecified atom stereocenters. The van der Waals surface area contributed by atoms with E-state index in [1.165, 1.54) is 24.0 Å². The molecule has 0 aliphatic carbocycles. The van der Waals surface area contributed by atoms with Crippen molar-refractivity contribution in [3.63, 3.8) is 0 Å². The number of benzene rings is 3. The summed E-state index contributed by atoms with van der Waals surface area (Å²) < 4.78 is 0.784. The van der Waals surface area contributed by atoms with Gasteiger partial charge in [0.1, 0.15) is 0 Å². The van der Waals surface area contributed by atoms with E-state index in [4.69, 9.17) is 0 Å². The van der Waals surface area contributed by atoms with Gasteiger partial charge in [-0.25, -0.2) is 5.43 Å². The number of carbonyl (C=O) groups excluding carboxylic acids is 1. The van der Waals surface area contributed by atoms with E-state index in [0.717, 1.165) is 14.9 Å². The van der Waals surface area contributed by atoms with Gasteiger partial charge in [0.25, 0.3) is 11.6 Å². The lowest BCUT2D eigenvalue weighted by Crippen LogP contribution is -2.17. The van der Waals surface area contributed by atoms with E-state index in [9.17, 15) is 14.9 Å². The van der Waals surface area contributed by atoms with Crippen LogP contribution in [0, 0.1) is 17.0 Å². The van der Waals surface area contributed by atoms with Gasteiger partial charge in [-0.1, -0.05) is 57.5 Å². The molecule has 0 heterocycles. The number of aryl methyl sites for hydroxylation is 1. The maximum absolute atomic E-state index is 12.1. The number of nitrogens with one attached hydrogen (secondary N) is 1. The average Bonchev–Trinajstić information content (AvgIpc) is 2.70. The quantitative estimate of drug-likeness (QED) is 0.290. The van der Waals surface area contributed by atoms with Crippen LogP contribution in [0.1, 0.15) is 21.5 Å². The van der Waals surface area contributed by atoms with Gasteiger partial charge < -0.3 is 0 Å². The number of amides is 1. The summed E-state index contributed by atoms with van der Waals surface area (Å²) in [6.07, 6.45) is 1.38. The van der Waals surface area contributed by atoms with Gasteiger partial charge in [-0.05, 0) is 43.3 Å². The molecule has 8 heteroatoms. The van der Waals surface area contributed by atoms with Gasteiger partial charge >= 0.3 is 0 Å². The zero-order chi connectivity index (χ0) is 20.8. The van der Waals surface area contributed by atoms with Crippen LogP contribution in [0.4, 0.5) is 5.69 Å². The van der Waals surface area contributed by atoms with Crippen LogP contribution in [-0.2, 0) is 0 Å². The number of rotatable bonds is 6. The highest BCUT2D eigenvalue weighted by atomic mass is 79.9. The zero-order valence-electron chi connectivity index (χ0n) is 15.3. The average molecular weight is 470 g/mol. The first kappa shape index (κ1) is 20.8. The van der Waals surface area contributed by atoms with Gasteiger partial charge in [0.15, 0.2) is 0 Å². The monoisotopic (exact) mass is 469 g/mol. The highest BCUT2D eigenvalue weighted by Gasteiger charge is 2.15. The van der Waals surface area contributed by atoms with Crippen LogP contribution >= 0.6 is 27.7 Å². The van der Waals surface area contributed by atoms with Crippen molar-refractivity contribution in [1.82, 2.24) is 5.43 Å². The van der Waals surface area contributed by atoms with Crippen molar-refractivity contribution in [3.05, 3.63) is 98.0 Å². The molecule has 0 aliphatic rings. The molecule has 146 valence electrons. The predicted molar refractivity (Wildman–Crippen MR) is 118 cm³/mol. The van der Waals surface area contributed by atoms with Crippen molar-refractivity contribution in [2.45, 2.75) is 16.7 Å². The first-order valence-corrected chi connectivity index (χ1v) is 10.2. The van der Waals surface area contributed by atoms with Crippen molar-refractivity contribution < 1.29 is 9.72 Å². The molecule has 3 aromatic rings. The fourth-order valence-corrected chi connectivity index (χ4v) is 3.74. The Balaban J connectivity index is 1.74. The highest BCUT2D eigenvalue weighted by Crippen LogP contribution is 2.35. The molecule has 0 spiro atoms. The summed E-state index contributed by atoms with van der Waals surface area (Å²) in [4.78, 5) is 24.6. The number of hydrogen-bond acceptors (Lipinski definition) is 5. The number of nitro benzene ring substituents is 1. The minimum absolute atomic E-state index is 0.0159. The standard InChI is InChI=1S/C21H16BrN3O3S/c1-14-5-8-18(9-6-14)29-20-10-7-15(11-19(20)25(27)28)13-23-24-21(26)16-3-2-4-17(22)12-16/h2-13H,1H3,(H,24,26)/b23-13-. The minimum Gasteiger partial charge on any atom is -0.267 e. The molecule has 0 bridgehead atoms. The Morgan fingerprint density at radius 1 is 1.14 bits per heavy atom. The largest absolute Gasteiger partial charge is 0.283 e. The van der Waals surface area contributed by atoms with Crippen LogP contribution in [0.15, 0.2) is 86.1 Å². The molecule has 29 heavy (non-hydrogen) atoms. The van der Waals surface area contributed by atoms with Crippen LogP contribution < -0.4 is 5.43 Å². The Kier molecular flexibility index (Phi) is 6.79. The van der Waals surface area contributed by atoms with E-state index in [2.05, 4.69) is 26.5 Å². The molecule has 3 rings (SSSR count). The van der Waals surface area contributed by atoms with Gasteiger partial charge in [0, 0.05) is 26.6 Å². The lowest BCUT2D eigenvalue weighted by molar-refractivity contribution is -0.387. The Labute approximate surface area is 180 Å². The van der Waals surface area contributed by atoms with Crippen molar-refractivity contribution >= 4 is 45.5 Å². The van der Waals surface area contributed by atoms with E-state index in [0.29, 0.717) is 16.0 Å². The van der Waals surface area contributed by atoms with E-state index in [1.54, 1.807) is 30.3 Å². The maximum Gasteiger partial charge on any atom is 0.283 e. The molecule has 6 nitrogen and oxygen atoms in total. The lowest BCUT2D eigenvalue weighted by Gasteiger charge is -2.05. The first-order chi connectivity index (χ1) is 13.9. The van der Waals surface area contributed by atoms with E-state index in [1.807, 2.05) is 37.3 Å². The third-order valence-corrected chi connectivity index (χ3v) is 5.46. The zero-order valence-corrected chi connectivity index (χ0v) is 17.7. The number of carbonyl (C=O) groups is 1. The minimum atomic E-state index is -0.423. The second-order valence-electron chi connectivity index (χ2n) is 6.11. The molecule has 3 aromatic carbocycles. The normalized spacial score (nSPS) is 10.8. The Morgan fingerprint density at radius 2 is 1.90 bits per heavy atom. The van der Waals surface area contributed by atoms with Gasteiger partial charge in [-0.2, -0.15) is 5.10 Å². The van der Waals surface area contributed by atoms with Crippen molar-refractivity contribution in [2.24, 2.45) is 5.10 Å². The molecule has 0 saturated heterocycles. The maximum atomic E-state index is 12.1. The molecule has 1 N–H and O–H groups in total. The van der Waals surface area contributed by atoms with Gasteiger partial charge in [0.05, 0.1) is 16.0 Å². The van der Waals surface area contributed by atoms with Crippen LogP contribution in [0.3, 0.4) is 0 Å². The molecule has 0 aliphatic heterocycles. The summed E-state index contributed by atoms with van der Waals surface area (Å²) in [5.41, 5.74) is 4.49. The molecule has 0 aromatic heterocycles. The number of nitro groups is 1. The van der Waals surface area contributed by atoms with Crippen LogP contribution in [0.25, 0.3) is 0 Å². The number of hydrogen-bond donors (Lipinski definition) is 1. The Morgan fingerprint density at radius 3 is 2.59 bits per heavy atom. The third kappa shape index (κ3) is 5.75. The summed E-state index contributed by atoms with van der Waals surface area (Å²) >= 11 is 4.63. The van der Waals surface area contributed by atoms with Gasteiger partial charge in [-0.3, -0.25) is 14.9 Å². The molecule has 1 amide bonds. The molecule has 0 saturated carbocycles. The number of nitrogens with zero attached hydrogens (tertiary/aromatic N) is 2. The van der Waals surface area contributed by atoms with Crippen LogP contribution in [-0.4, -0.2) is 17.0 Å². The molecule has 0 atom stereocenters. The molecular formula is C21H16BrN3O3S. The topological polar surface area (TPSA) is 84.6 Å². The summed E-state index contributed by atoms with van der Waals surface area (Å²) in [5.74, 6) is -0.372. The molecule has 0 fully saturated rings. The SMILES string of the molecule is Cc1ccc(Sc2ccc(/C=N\NC(=O)c3cccc(Br)c3)cc2[N+](=O)[O-])cc1. The summed E-state index contributed by atoms with van der Waals surface area (Å²) in [5, 5.41) is 15.4. The van der Waals surface area contributed by atoms with Crippen molar-refractivity contribution in [1.29, 1.82) is 0 Å². The van der Waals surface area contributed by atoms with Crippen molar-refractivity contribution in [3.8, 4) is 0 Å². The fraction of sp³-hybridized carbons (Fsp3) is 0.0476. The Bertz CT molecular complexity index is 1080. The number of halogens is 1. The first-order valence-electron chi connectivity index (χ1n) is 8.54. The number of hydrazone groups is 1. The lowest BCUT2D eigenvalue weighted by atomic mass is 10.2. The molecule has 0 radical (unpaired) electrons. The van der Waals surface area contributed by atoms with Gasteiger partial charge in [-0.15, -0.1) is 0 Å². The van der Waals surface area contributed by atoms with Crippen LogP contribution in [0.5, 0.6) is 0 Å². The highest BCUT2D eigenvalue weighted by molar-refractivity contribution is 9.10. The smallest absolute Gasteiger partial charge is 0.267 e. The summed E-state index contributed by atoms with van der Waals surface area (Å²) in [7, 11) is 0. The third-order valence-electron chi connectivity index (χ3n) is 3.90.